The minimum absolute atomic E-state index is 0.0212. The number of aromatic nitrogens is 4. The van der Waals surface area contributed by atoms with Gasteiger partial charge in [0, 0.05) is 35.6 Å². The van der Waals surface area contributed by atoms with Crippen LogP contribution < -0.4 is 19.5 Å². The van der Waals surface area contributed by atoms with Crippen LogP contribution in [0.25, 0.3) is 16.7 Å². The molecule has 0 aliphatic heterocycles. The minimum atomic E-state index is -0.0212. The van der Waals surface area contributed by atoms with Crippen molar-refractivity contribution in [2.75, 3.05) is 27.9 Å². The predicted molar refractivity (Wildman–Crippen MR) is 138 cm³/mol. The summed E-state index contributed by atoms with van der Waals surface area (Å²) in [5, 5.41) is 8.69. The first-order valence-corrected chi connectivity index (χ1v) is 12.0. The number of amides is 1. The van der Waals surface area contributed by atoms with E-state index in [0.29, 0.717) is 48.7 Å². The molecule has 4 aromatic rings. The highest BCUT2D eigenvalue weighted by Crippen LogP contribution is 2.39. The highest BCUT2D eigenvalue weighted by atomic mass is 16.5. The molecule has 0 radical (unpaired) electrons. The second kappa shape index (κ2) is 10.4. The van der Waals surface area contributed by atoms with E-state index in [4.69, 9.17) is 24.3 Å². The second-order valence-corrected chi connectivity index (χ2v) is 8.87. The van der Waals surface area contributed by atoms with Crippen LogP contribution in [0.15, 0.2) is 18.2 Å². The maximum Gasteiger partial charge on any atom is 0.220 e. The molecule has 0 fully saturated rings. The zero-order chi connectivity index (χ0) is 26.0. The Labute approximate surface area is 210 Å². The Morgan fingerprint density at radius 2 is 1.72 bits per heavy atom. The van der Waals surface area contributed by atoms with Gasteiger partial charge in [-0.05, 0) is 63.8 Å². The highest BCUT2D eigenvalue weighted by Gasteiger charge is 2.18. The van der Waals surface area contributed by atoms with Gasteiger partial charge in [-0.3, -0.25) is 4.79 Å². The van der Waals surface area contributed by atoms with E-state index in [0.717, 1.165) is 44.8 Å². The summed E-state index contributed by atoms with van der Waals surface area (Å²) >= 11 is 0. The van der Waals surface area contributed by atoms with Crippen LogP contribution in [0.2, 0.25) is 0 Å². The van der Waals surface area contributed by atoms with Crippen molar-refractivity contribution < 1.29 is 19.0 Å². The van der Waals surface area contributed by atoms with Crippen LogP contribution in [0.3, 0.4) is 0 Å². The average Bonchev–Trinajstić information content (AvgIpc) is 3.21. The van der Waals surface area contributed by atoms with E-state index in [1.165, 1.54) is 0 Å². The van der Waals surface area contributed by atoms with E-state index >= 15 is 0 Å². The summed E-state index contributed by atoms with van der Waals surface area (Å²) in [7, 11) is 4.75. The smallest absolute Gasteiger partial charge is 0.220 e. The van der Waals surface area contributed by atoms with Gasteiger partial charge in [0.15, 0.2) is 22.8 Å². The van der Waals surface area contributed by atoms with Crippen LogP contribution >= 0.6 is 0 Å². The number of nitrogens with one attached hydrogen (secondary N) is 1. The van der Waals surface area contributed by atoms with E-state index in [2.05, 4.69) is 17.2 Å². The molecule has 0 saturated heterocycles. The molecule has 9 nitrogen and oxygen atoms in total. The molecule has 0 atom stereocenters. The first kappa shape index (κ1) is 25.2. The largest absolute Gasteiger partial charge is 0.493 e. The Morgan fingerprint density at radius 3 is 2.42 bits per heavy atom. The molecule has 4 rings (SSSR count). The Bertz CT molecular complexity index is 1440. The zero-order valence-corrected chi connectivity index (χ0v) is 22.0. The fourth-order valence-electron chi connectivity index (χ4n) is 4.75. The van der Waals surface area contributed by atoms with Gasteiger partial charge in [0.25, 0.3) is 0 Å². The second-order valence-electron chi connectivity index (χ2n) is 8.87. The van der Waals surface area contributed by atoms with Crippen molar-refractivity contribution in [1.82, 2.24) is 24.9 Å². The van der Waals surface area contributed by atoms with Gasteiger partial charge in [0.05, 0.1) is 26.7 Å². The number of rotatable bonds is 9. The first-order chi connectivity index (χ1) is 17.3. The molecule has 0 unspecified atom stereocenters. The number of pyridine rings is 1. The third-order valence-corrected chi connectivity index (χ3v) is 6.51. The molecule has 9 heteroatoms. The number of carbonyl (C=O) groups is 1. The lowest BCUT2D eigenvalue weighted by Gasteiger charge is -2.16. The minimum Gasteiger partial charge on any atom is -0.493 e. The molecule has 1 amide bonds. The van der Waals surface area contributed by atoms with E-state index in [1.54, 1.807) is 21.3 Å². The summed E-state index contributed by atoms with van der Waals surface area (Å²) in [5.41, 5.74) is 7.39. The van der Waals surface area contributed by atoms with Crippen molar-refractivity contribution in [3.63, 3.8) is 0 Å². The number of methoxy groups -OCH3 is 3. The van der Waals surface area contributed by atoms with Gasteiger partial charge in [0.1, 0.15) is 0 Å². The van der Waals surface area contributed by atoms with Gasteiger partial charge in [-0.1, -0.05) is 6.07 Å². The average molecular weight is 492 g/mol. The van der Waals surface area contributed by atoms with Crippen molar-refractivity contribution in [1.29, 1.82) is 0 Å². The summed E-state index contributed by atoms with van der Waals surface area (Å²) in [6, 6.07) is 5.81. The molecule has 0 saturated carbocycles. The van der Waals surface area contributed by atoms with Crippen LogP contribution in [0.1, 0.15) is 40.2 Å². The van der Waals surface area contributed by atoms with Crippen molar-refractivity contribution in [3.8, 4) is 17.2 Å². The Hall–Kier alpha value is -3.88. The molecule has 1 aromatic carbocycles. The van der Waals surface area contributed by atoms with Crippen molar-refractivity contribution >= 4 is 22.6 Å². The molecule has 3 aromatic heterocycles. The Balaban J connectivity index is 1.44. The Morgan fingerprint density at radius 1 is 0.972 bits per heavy atom. The van der Waals surface area contributed by atoms with Gasteiger partial charge in [0.2, 0.25) is 11.7 Å². The number of benzene rings is 1. The Kier molecular flexibility index (Phi) is 7.28. The van der Waals surface area contributed by atoms with Crippen molar-refractivity contribution in [2.24, 2.45) is 0 Å². The number of fused-ring (bicyclic) bond motifs is 3. The van der Waals surface area contributed by atoms with E-state index in [9.17, 15) is 4.79 Å². The highest BCUT2D eigenvalue weighted by molar-refractivity contribution is 5.93. The molecule has 0 aliphatic carbocycles. The molecule has 190 valence electrons. The van der Waals surface area contributed by atoms with Crippen LogP contribution in [0, 0.1) is 27.7 Å². The van der Waals surface area contributed by atoms with Gasteiger partial charge >= 0.3 is 0 Å². The number of ether oxygens (including phenoxy) is 3. The van der Waals surface area contributed by atoms with E-state index in [1.807, 2.05) is 43.5 Å². The van der Waals surface area contributed by atoms with Crippen molar-refractivity contribution in [3.05, 3.63) is 52.0 Å². The standard InChI is InChI=1S/C27H33N5O4/c1-15-14-16(2)29-26-23(15)27-30-17(3)20(18(4)32(27)31-26)9-11-22(33)28-13-12-19-8-10-21(34-5)25(36-7)24(19)35-6/h8,10,14H,9,11-13H2,1-7H3,(H,28,33). The molecule has 36 heavy (non-hydrogen) atoms. The van der Waals surface area contributed by atoms with Crippen LogP contribution in [0.5, 0.6) is 17.2 Å². The van der Waals surface area contributed by atoms with Crippen molar-refractivity contribution in [2.45, 2.75) is 47.0 Å². The fourth-order valence-corrected chi connectivity index (χ4v) is 4.75. The fraction of sp³-hybridized carbons (Fsp3) is 0.407. The topological polar surface area (TPSA) is 99.9 Å². The maximum absolute atomic E-state index is 12.7. The van der Waals surface area contributed by atoms with E-state index < -0.39 is 0 Å². The monoisotopic (exact) mass is 491 g/mol. The van der Waals surface area contributed by atoms with Gasteiger partial charge in [-0.25, -0.2) is 14.5 Å². The normalized spacial score (nSPS) is 11.2. The predicted octanol–water partition coefficient (Wildman–Crippen LogP) is 3.83. The third-order valence-electron chi connectivity index (χ3n) is 6.51. The number of hydrogen-bond acceptors (Lipinski definition) is 7. The van der Waals surface area contributed by atoms with E-state index in [-0.39, 0.29) is 5.91 Å². The number of hydrogen-bond donors (Lipinski definition) is 1. The molecule has 0 spiro atoms. The van der Waals surface area contributed by atoms with Crippen LogP contribution in [0.4, 0.5) is 0 Å². The van der Waals surface area contributed by atoms with Gasteiger partial charge in [-0.15, -0.1) is 5.10 Å². The number of nitrogens with zero attached hydrogens (tertiary/aromatic N) is 4. The third kappa shape index (κ3) is 4.65. The molecular weight excluding hydrogens is 458 g/mol. The SMILES string of the molecule is COc1ccc(CCNC(=O)CCc2c(C)nc3c4c(C)cc(C)nc4nn3c2C)c(OC)c1OC. The summed E-state index contributed by atoms with van der Waals surface area (Å²) in [6.07, 6.45) is 1.54. The quantitative estimate of drug-likeness (QED) is 0.380. The molecular formula is C27H33N5O4. The number of carbonyl (C=O) groups excluding carboxylic acids is 1. The summed E-state index contributed by atoms with van der Waals surface area (Å²) in [4.78, 5) is 22.1. The molecule has 3 heterocycles. The van der Waals surface area contributed by atoms with Crippen LogP contribution in [-0.4, -0.2) is 53.4 Å². The number of aryl methyl sites for hydroxylation is 4. The van der Waals surface area contributed by atoms with Gasteiger partial charge < -0.3 is 19.5 Å². The van der Waals surface area contributed by atoms with Gasteiger partial charge in [-0.2, -0.15) is 0 Å². The lowest BCUT2D eigenvalue weighted by Crippen LogP contribution is -2.26. The summed E-state index contributed by atoms with van der Waals surface area (Å²) < 4.78 is 18.2. The molecule has 1 N–H and O–H groups in total. The summed E-state index contributed by atoms with van der Waals surface area (Å²) in [6.45, 7) is 8.51. The zero-order valence-electron chi connectivity index (χ0n) is 22.0. The summed E-state index contributed by atoms with van der Waals surface area (Å²) in [5.74, 6) is 1.74. The molecule has 0 bridgehead atoms. The van der Waals surface area contributed by atoms with Crippen LogP contribution in [-0.2, 0) is 17.6 Å². The molecule has 0 aliphatic rings. The lowest BCUT2D eigenvalue weighted by atomic mass is 10.1. The lowest BCUT2D eigenvalue weighted by molar-refractivity contribution is -0.121. The maximum atomic E-state index is 12.7. The first-order valence-electron chi connectivity index (χ1n) is 12.0.